The number of nitrogens with zero attached hydrogens (tertiary/aromatic N) is 1. The Kier molecular flexibility index (Phi) is 4.54. The molecule has 0 aromatic heterocycles. The van der Waals surface area contributed by atoms with Gasteiger partial charge in [-0.05, 0) is 25.2 Å². The van der Waals surface area contributed by atoms with Crippen molar-refractivity contribution in [2.24, 2.45) is 5.92 Å². The first-order chi connectivity index (χ1) is 8.49. The number of alkyl halides is 3. The molecule has 0 aromatic carbocycles. The summed E-state index contributed by atoms with van der Waals surface area (Å²) in [6.45, 7) is 3.94. The first kappa shape index (κ1) is 14.1. The molecule has 2 aliphatic rings. The van der Waals surface area contributed by atoms with Crippen LogP contribution in [-0.2, 0) is 0 Å². The van der Waals surface area contributed by atoms with E-state index >= 15 is 0 Å². The smallest absolute Gasteiger partial charge is 0.311 e. The maximum atomic E-state index is 12.4. The highest BCUT2D eigenvalue weighted by atomic mass is 19.4. The standard InChI is InChI=1S/C13H23F3N2/c1-2-3-11-9-18(7-6-13(14,15)16)12(8-17-11)10-4-5-10/h10-12,17H,2-9H2,1H3. The van der Waals surface area contributed by atoms with Crippen molar-refractivity contribution < 1.29 is 13.2 Å². The molecule has 1 N–H and O–H groups in total. The molecule has 0 amide bonds. The van der Waals surface area contributed by atoms with Crippen LogP contribution in [0.2, 0.25) is 0 Å². The Labute approximate surface area is 107 Å². The number of piperazine rings is 1. The lowest BCUT2D eigenvalue weighted by molar-refractivity contribution is -0.140. The van der Waals surface area contributed by atoms with Gasteiger partial charge in [0.25, 0.3) is 0 Å². The highest BCUT2D eigenvalue weighted by molar-refractivity contribution is 4.95. The van der Waals surface area contributed by atoms with Gasteiger partial charge in [-0.15, -0.1) is 0 Å². The van der Waals surface area contributed by atoms with Crippen molar-refractivity contribution in [3.8, 4) is 0 Å². The van der Waals surface area contributed by atoms with E-state index in [1.165, 1.54) is 12.8 Å². The second-order valence-electron chi connectivity index (χ2n) is 5.66. The van der Waals surface area contributed by atoms with E-state index in [9.17, 15) is 13.2 Å². The van der Waals surface area contributed by atoms with Crippen LogP contribution in [0, 0.1) is 5.92 Å². The van der Waals surface area contributed by atoms with Gasteiger partial charge in [0.05, 0.1) is 6.42 Å². The fourth-order valence-corrected chi connectivity index (χ4v) is 2.91. The third-order valence-electron chi connectivity index (χ3n) is 4.03. The predicted molar refractivity (Wildman–Crippen MR) is 65.5 cm³/mol. The van der Waals surface area contributed by atoms with Gasteiger partial charge in [-0.3, -0.25) is 4.90 Å². The molecule has 1 aliphatic carbocycles. The quantitative estimate of drug-likeness (QED) is 0.821. The van der Waals surface area contributed by atoms with E-state index in [-0.39, 0.29) is 6.54 Å². The average Bonchev–Trinajstić information content (AvgIpc) is 3.10. The number of rotatable bonds is 5. The van der Waals surface area contributed by atoms with Crippen LogP contribution in [-0.4, -0.2) is 42.8 Å². The molecular formula is C13H23F3N2. The molecule has 0 bridgehead atoms. The van der Waals surface area contributed by atoms with Gasteiger partial charge < -0.3 is 5.32 Å². The third kappa shape index (κ3) is 4.12. The molecule has 2 unspecified atom stereocenters. The fraction of sp³-hybridized carbons (Fsp3) is 1.00. The molecule has 106 valence electrons. The molecule has 1 aliphatic heterocycles. The zero-order chi connectivity index (χ0) is 13.2. The van der Waals surface area contributed by atoms with E-state index in [0.29, 0.717) is 18.0 Å². The highest BCUT2D eigenvalue weighted by Gasteiger charge is 2.39. The van der Waals surface area contributed by atoms with Crippen LogP contribution in [0.3, 0.4) is 0 Å². The zero-order valence-electron chi connectivity index (χ0n) is 11.0. The normalized spacial score (nSPS) is 30.7. The van der Waals surface area contributed by atoms with Crippen LogP contribution >= 0.6 is 0 Å². The SMILES string of the molecule is CCCC1CN(CCC(F)(F)F)C(C2CC2)CN1. The maximum Gasteiger partial charge on any atom is 0.390 e. The largest absolute Gasteiger partial charge is 0.390 e. The van der Waals surface area contributed by atoms with Crippen molar-refractivity contribution in [3.05, 3.63) is 0 Å². The summed E-state index contributed by atoms with van der Waals surface area (Å²) in [6.07, 6.45) is -0.187. The lowest BCUT2D eigenvalue weighted by atomic mass is 10.0. The Bertz CT molecular complexity index is 263. The minimum absolute atomic E-state index is 0.173. The van der Waals surface area contributed by atoms with Crippen molar-refractivity contribution in [1.29, 1.82) is 0 Å². The van der Waals surface area contributed by atoms with E-state index in [1.807, 2.05) is 0 Å². The second kappa shape index (κ2) is 5.78. The molecule has 2 fully saturated rings. The first-order valence-corrected chi connectivity index (χ1v) is 7.04. The van der Waals surface area contributed by atoms with Crippen LogP contribution < -0.4 is 5.32 Å². The summed E-state index contributed by atoms with van der Waals surface area (Å²) in [7, 11) is 0. The van der Waals surface area contributed by atoms with E-state index in [0.717, 1.165) is 25.9 Å². The molecule has 0 aromatic rings. The van der Waals surface area contributed by atoms with Crippen molar-refractivity contribution in [2.75, 3.05) is 19.6 Å². The number of halogens is 3. The van der Waals surface area contributed by atoms with Crippen LogP contribution in [0.1, 0.15) is 39.0 Å². The summed E-state index contributed by atoms with van der Waals surface area (Å²) >= 11 is 0. The molecule has 0 spiro atoms. The van der Waals surface area contributed by atoms with E-state index in [1.54, 1.807) is 0 Å². The van der Waals surface area contributed by atoms with Crippen molar-refractivity contribution in [2.45, 2.75) is 57.3 Å². The van der Waals surface area contributed by atoms with Crippen LogP contribution in [0.4, 0.5) is 13.2 Å². The summed E-state index contributed by atoms with van der Waals surface area (Å²) in [5.74, 6) is 0.633. The van der Waals surface area contributed by atoms with E-state index in [2.05, 4.69) is 17.1 Å². The Morgan fingerprint density at radius 3 is 2.56 bits per heavy atom. The number of nitrogens with one attached hydrogen (secondary N) is 1. The van der Waals surface area contributed by atoms with Crippen LogP contribution in [0.5, 0.6) is 0 Å². The molecular weight excluding hydrogens is 241 g/mol. The van der Waals surface area contributed by atoms with Gasteiger partial charge >= 0.3 is 6.18 Å². The molecule has 1 heterocycles. The summed E-state index contributed by atoms with van der Waals surface area (Å²) in [5, 5.41) is 3.50. The number of hydrogen-bond acceptors (Lipinski definition) is 2. The van der Waals surface area contributed by atoms with Crippen LogP contribution in [0.25, 0.3) is 0 Å². The monoisotopic (exact) mass is 264 g/mol. The molecule has 2 nitrogen and oxygen atoms in total. The zero-order valence-corrected chi connectivity index (χ0v) is 11.0. The summed E-state index contributed by atoms with van der Waals surface area (Å²) < 4.78 is 37.1. The Morgan fingerprint density at radius 2 is 2.00 bits per heavy atom. The van der Waals surface area contributed by atoms with Gasteiger partial charge in [-0.1, -0.05) is 13.3 Å². The average molecular weight is 264 g/mol. The molecule has 1 saturated carbocycles. The summed E-state index contributed by atoms with van der Waals surface area (Å²) in [5.41, 5.74) is 0. The second-order valence-corrected chi connectivity index (χ2v) is 5.66. The van der Waals surface area contributed by atoms with Gasteiger partial charge in [0.2, 0.25) is 0 Å². The van der Waals surface area contributed by atoms with Crippen LogP contribution in [0.15, 0.2) is 0 Å². The summed E-state index contributed by atoms with van der Waals surface area (Å²) in [6, 6.07) is 0.707. The molecule has 0 radical (unpaired) electrons. The molecule has 2 atom stereocenters. The topological polar surface area (TPSA) is 15.3 Å². The van der Waals surface area contributed by atoms with Crippen molar-refractivity contribution >= 4 is 0 Å². The predicted octanol–water partition coefficient (Wildman–Crippen LogP) is 2.79. The van der Waals surface area contributed by atoms with Gasteiger partial charge in [0.1, 0.15) is 0 Å². The van der Waals surface area contributed by atoms with Gasteiger partial charge in [0.15, 0.2) is 0 Å². The molecule has 18 heavy (non-hydrogen) atoms. The van der Waals surface area contributed by atoms with Crippen molar-refractivity contribution in [1.82, 2.24) is 10.2 Å². The lowest BCUT2D eigenvalue weighted by Gasteiger charge is -2.41. The maximum absolute atomic E-state index is 12.4. The minimum Gasteiger partial charge on any atom is -0.311 e. The van der Waals surface area contributed by atoms with Crippen molar-refractivity contribution in [3.63, 3.8) is 0 Å². The van der Waals surface area contributed by atoms with Gasteiger partial charge in [-0.25, -0.2) is 0 Å². The first-order valence-electron chi connectivity index (χ1n) is 7.04. The van der Waals surface area contributed by atoms with E-state index in [4.69, 9.17) is 0 Å². The van der Waals surface area contributed by atoms with Gasteiger partial charge in [-0.2, -0.15) is 13.2 Å². The fourth-order valence-electron chi connectivity index (χ4n) is 2.91. The van der Waals surface area contributed by atoms with E-state index < -0.39 is 12.6 Å². The lowest BCUT2D eigenvalue weighted by Crippen LogP contribution is -2.57. The highest BCUT2D eigenvalue weighted by Crippen LogP contribution is 2.37. The Balaban J connectivity index is 1.87. The molecule has 5 heteroatoms. The van der Waals surface area contributed by atoms with Gasteiger partial charge in [0, 0.05) is 31.7 Å². The molecule has 2 rings (SSSR count). The molecule has 1 saturated heterocycles. The third-order valence-corrected chi connectivity index (χ3v) is 4.03. The minimum atomic E-state index is -4.03. The Hall–Kier alpha value is -0.290. The number of hydrogen-bond donors (Lipinski definition) is 1. The summed E-state index contributed by atoms with van der Waals surface area (Å²) in [4.78, 5) is 2.09. The Morgan fingerprint density at radius 1 is 1.28 bits per heavy atom.